The van der Waals surface area contributed by atoms with Crippen molar-refractivity contribution in [1.29, 1.82) is 0 Å². The van der Waals surface area contributed by atoms with Crippen LogP contribution < -0.4 is 0 Å². The standard InChI is InChI=1S/C19H22O/c1-19(2,15-11-7-4-8-12-15)18(20)17-13-16(17)14-9-5-3-6-10-14/h3-12,16-18,20H,13H2,1-2H3. The van der Waals surface area contributed by atoms with Crippen LogP contribution in [-0.2, 0) is 5.41 Å². The zero-order valence-electron chi connectivity index (χ0n) is 12.2. The van der Waals surface area contributed by atoms with E-state index in [1.807, 2.05) is 24.3 Å². The Kier molecular flexibility index (Phi) is 3.39. The van der Waals surface area contributed by atoms with Crippen LogP contribution >= 0.6 is 0 Å². The van der Waals surface area contributed by atoms with Gasteiger partial charge in [-0.25, -0.2) is 0 Å². The highest BCUT2D eigenvalue weighted by atomic mass is 16.3. The van der Waals surface area contributed by atoms with E-state index in [-0.39, 0.29) is 11.5 Å². The Morgan fingerprint density at radius 2 is 1.50 bits per heavy atom. The highest BCUT2D eigenvalue weighted by Gasteiger charge is 2.48. The van der Waals surface area contributed by atoms with E-state index in [0.717, 1.165) is 6.42 Å². The first-order valence-electron chi connectivity index (χ1n) is 7.39. The van der Waals surface area contributed by atoms with Crippen molar-refractivity contribution in [3.8, 4) is 0 Å². The smallest absolute Gasteiger partial charge is 0.0665 e. The second-order valence-corrected chi connectivity index (χ2v) is 6.45. The number of aliphatic hydroxyl groups excluding tert-OH is 1. The van der Waals surface area contributed by atoms with Crippen molar-refractivity contribution in [2.45, 2.75) is 37.7 Å². The summed E-state index contributed by atoms with van der Waals surface area (Å²) in [6.45, 7) is 4.29. The average molecular weight is 266 g/mol. The quantitative estimate of drug-likeness (QED) is 0.882. The largest absolute Gasteiger partial charge is 0.392 e. The van der Waals surface area contributed by atoms with Crippen LogP contribution in [0.25, 0.3) is 0 Å². The minimum absolute atomic E-state index is 0.199. The first kappa shape index (κ1) is 13.4. The lowest BCUT2D eigenvalue weighted by Crippen LogP contribution is -2.35. The Morgan fingerprint density at radius 1 is 0.950 bits per heavy atom. The van der Waals surface area contributed by atoms with Crippen molar-refractivity contribution in [2.24, 2.45) is 5.92 Å². The molecule has 3 unspecified atom stereocenters. The van der Waals surface area contributed by atoms with E-state index in [9.17, 15) is 5.11 Å². The van der Waals surface area contributed by atoms with Crippen LogP contribution in [0.5, 0.6) is 0 Å². The zero-order chi connectivity index (χ0) is 14.2. The second kappa shape index (κ2) is 5.06. The molecule has 0 saturated heterocycles. The van der Waals surface area contributed by atoms with Crippen LogP contribution in [0.2, 0.25) is 0 Å². The number of aliphatic hydroxyl groups is 1. The highest BCUT2D eigenvalue weighted by Crippen LogP contribution is 2.53. The summed E-state index contributed by atoms with van der Waals surface area (Å²) in [5, 5.41) is 10.8. The lowest BCUT2D eigenvalue weighted by atomic mass is 9.77. The van der Waals surface area contributed by atoms with Gasteiger partial charge < -0.3 is 5.11 Å². The van der Waals surface area contributed by atoms with E-state index >= 15 is 0 Å². The lowest BCUT2D eigenvalue weighted by Gasteiger charge is -2.31. The van der Waals surface area contributed by atoms with Gasteiger partial charge in [-0.2, -0.15) is 0 Å². The van der Waals surface area contributed by atoms with Crippen LogP contribution in [-0.4, -0.2) is 11.2 Å². The van der Waals surface area contributed by atoms with Crippen molar-refractivity contribution in [3.63, 3.8) is 0 Å². The van der Waals surface area contributed by atoms with Crippen LogP contribution in [0.15, 0.2) is 60.7 Å². The molecule has 0 aliphatic heterocycles. The topological polar surface area (TPSA) is 20.2 Å². The lowest BCUT2D eigenvalue weighted by molar-refractivity contribution is 0.0770. The fourth-order valence-corrected chi connectivity index (χ4v) is 3.22. The molecule has 1 saturated carbocycles. The maximum atomic E-state index is 10.8. The molecule has 0 aromatic heterocycles. The summed E-state index contributed by atoms with van der Waals surface area (Å²) in [6.07, 6.45) is 0.802. The van der Waals surface area contributed by atoms with Gasteiger partial charge in [0, 0.05) is 5.41 Å². The van der Waals surface area contributed by atoms with Gasteiger partial charge in [0.2, 0.25) is 0 Å². The third kappa shape index (κ3) is 2.38. The number of hydrogen-bond acceptors (Lipinski definition) is 1. The van der Waals surface area contributed by atoms with Crippen LogP contribution in [0.4, 0.5) is 0 Å². The van der Waals surface area contributed by atoms with Crippen molar-refractivity contribution in [1.82, 2.24) is 0 Å². The highest BCUT2D eigenvalue weighted by molar-refractivity contribution is 5.31. The fraction of sp³-hybridized carbons (Fsp3) is 0.368. The summed E-state index contributed by atoms with van der Waals surface area (Å²) in [4.78, 5) is 0. The maximum Gasteiger partial charge on any atom is 0.0665 e. The summed E-state index contributed by atoms with van der Waals surface area (Å²) < 4.78 is 0. The van der Waals surface area contributed by atoms with Crippen LogP contribution in [0.1, 0.15) is 37.3 Å². The zero-order valence-corrected chi connectivity index (χ0v) is 12.2. The molecule has 0 radical (unpaired) electrons. The fourth-order valence-electron chi connectivity index (χ4n) is 3.22. The molecule has 2 aromatic carbocycles. The Bertz CT molecular complexity index is 559. The van der Waals surface area contributed by atoms with Gasteiger partial charge in [0.1, 0.15) is 0 Å². The molecule has 104 valence electrons. The summed E-state index contributed by atoms with van der Waals surface area (Å²) >= 11 is 0. The van der Waals surface area contributed by atoms with E-state index < -0.39 is 0 Å². The minimum atomic E-state index is -0.296. The molecule has 0 amide bonds. The molecule has 1 aliphatic rings. The van der Waals surface area contributed by atoms with E-state index in [1.165, 1.54) is 11.1 Å². The van der Waals surface area contributed by atoms with Gasteiger partial charge in [-0.05, 0) is 29.4 Å². The Labute approximate surface area is 121 Å². The normalized spacial score (nSPS) is 23.4. The van der Waals surface area contributed by atoms with Gasteiger partial charge in [0.15, 0.2) is 0 Å². The van der Waals surface area contributed by atoms with Crippen molar-refractivity contribution < 1.29 is 5.11 Å². The molecule has 1 heteroatoms. The van der Waals surface area contributed by atoms with E-state index in [2.05, 4.69) is 50.2 Å². The molecule has 0 spiro atoms. The second-order valence-electron chi connectivity index (χ2n) is 6.45. The van der Waals surface area contributed by atoms with E-state index in [1.54, 1.807) is 0 Å². The van der Waals surface area contributed by atoms with Crippen LogP contribution in [0, 0.1) is 5.92 Å². The molecular formula is C19H22O. The molecule has 3 rings (SSSR count). The van der Waals surface area contributed by atoms with E-state index in [4.69, 9.17) is 0 Å². The summed E-state index contributed by atoms with van der Waals surface area (Å²) in [5.41, 5.74) is 2.38. The Balaban J connectivity index is 1.76. The van der Waals surface area contributed by atoms with Gasteiger partial charge >= 0.3 is 0 Å². The molecule has 1 aliphatic carbocycles. The van der Waals surface area contributed by atoms with E-state index in [0.29, 0.717) is 11.8 Å². The molecule has 20 heavy (non-hydrogen) atoms. The van der Waals surface area contributed by atoms with Crippen LogP contribution in [0.3, 0.4) is 0 Å². The first-order chi connectivity index (χ1) is 9.60. The number of hydrogen-bond donors (Lipinski definition) is 1. The molecule has 1 fully saturated rings. The number of rotatable bonds is 4. The molecule has 1 nitrogen and oxygen atoms in total. The maximum absolute atomic E-state index is 10.8. The third-order valence-electron chi connectivity index (χ3n) is 4.73. The number of benzene rings is 2. The Morgan fingerprint density at radius 3 is 2.10 bits per heavy atom. The third-order valence-corrected chi connectivity index (χ3v) is 4.73. The molecular weight excluding hydrogens is 244 g/mol. The summed E-state index contributed by atoms with van der Waals surface area (Å²) in [7, 11) is 0. The van der Waals surface area contributed by atoms with Crippen molar-refractivity contribution >= 4 is 0 Å². The molecule has 0 bridgehead atoms. The van der Waals surface area contributed by atoms with Crippen molar-refractivity contribution in [3.05, 3.63) is 71.8 Å². The van der Waals surface area contributed by atoms with Gasteiger partial charge in [0.25, 0.3) is 0 Å². The first-order valence-corrected chi connectivity index (χ1v) is 7.39. The van der Waals surface area contributed by atoms with Gasteiger partial charge in [0.05, 0.1) is 6.10 Å². The monoisotopic (exact) mass is 266 g/mol. The molecule has 0 heterocycles. The van der Waals surface area contributed by atoms with Crippen molar-refractivity contribution in [2.75, 3.05) is 0 Å². The van der Waals surface area contributed by atoms with Gasteiger partial charge in [-0.3, -0.25) is 0 Å². The summed E-state index contributed by atoms with van der Waals surface area (Å²) in [5.74, 6) is 0.904. The Hall–Kier alpha value is -1.60. The molecule has 1 N–H and O–H groups in total. The molecule has 2 aromatic rings. The minimum Gasteiger partial charge on any atom is -0.392 e. The predicted molar refractivity (Wildman–Crippen MR) is 82.8 cm³/mol. The van der Waals surface area contributed by atoms with Gasteiger partial charge in [-0.1, -0.05) is 74.5 Å². The summed E-state index contributed by atoms with van der Waals surface area (Å²) in [6, 6.07) is 20.9. The predicted octanol–water partition coefficient (Wildman–Crippen LogP) is 4.13. The average Bonchev–Trinajstić information content (AvgIpc) is 3.28. The van der Waals surface area contributed by atoms with Gasteiger partial charge in [-0.15, -0.1) is 0 Å². The molecule has 3 atom stereocenters. The SMILES string of the molecule is CC(C)(c1ccccc1)C(O)C1CC1c1ccccc1.